The van der Waals surface area contributed by atoms with E-state index in [2.05, 4.69) is 49.6 Å². The van der Waals surface area contributed by atoms with Crippen molar-refractivity contribution in [2.45, 2.75) is 46.2 Å². The van der Waals surface area contributed by atoms with Crippen LogP contribution in [0.15, 0.2) is 18.2 Å². The fraction of sp³-hybridized carbons (Fsp3) is 0.562. The van der Waals surface area contributed by atoms with Crippen LogP contribution in [0.25, 0.3) is 0 Å². The minimum absolute atomic E-state index is 0.169. The van der Waals surface area contributed by atoms with Gasteiger partial charge < -0.3 is 10.6 Å². The molecule has 1 aromatic carbocycles. The number of aryl methyl sites for hydroxylation is 2. The molecule has 1 amide bonds. The van der Waals surface area contributed by atoms with E-state index in [-0.39, 0.29) is 11.8 Å². The quantitative estimate of drug-likeness (QED) is 0.875. The highest BCUT2D eigenvalue weighted by Gasteiger charge is 2.24. The molecule has 19 heavy (non-hydrogen) atoms. The predicted octanol–water partition coefficient (Wildman–Crippen LogP) is 2.31. The molecule has 0 aliphatic carbocycles. The summed E-state index contributed by atoms with van der Waals surface area (Å²) in [4.78, 5) is 12.2. The second-order valence-electron chi connectivity index (χ2n) is 5.72. The van der Waals surface area contributed by atoms with Gasteiger partial charge >= 0.3 is 0 Å². The molecule has 0 bridgehead atoms. The maximum atomic E-state index is 12.2. The third-order valence-corrected chi connectivity index (χ3v) is 3.95. The van der Waals surface area contributed by atoms with E-state index in [1.807, 2.05) is 0 Å². The van der Waals surface area contributed by atoms with Crippen molar-refractivity contribution in [1.82, 2.24) is 10.6 Å². The van der Waals surface area contributed by atoms with Gasteiger partial charge in [-0.1, -0.05) is 23.8 Å². The lowest BCUT2D eigenvalue weighted by Crippen LogP contribution is -2.42. The minimum Gasteiger partial charge on any atom is -0.352 e. The van der Waals surface area contributed by atoms with Crippen LogP contribution in [0.4, 0.5) is 0 Å². The first-order chi connectivity index (χ1) is 9.06. The van der Waals surface area contributed by atoms with Gasteiger partial charge in [0, 0.05) is 18.5 Å². The summed E-state index contributed by atoms with van der Waals surface area (Å²) in [5.41, 5.74) is 3.72. The Hall–Kier alpha value is -1.35. The Morgan fingerprint density at radius 2 is 2.21 bits per heavy atom. The summed E-state index contributed by atoms with van der Waals surface area (Å²) in [5.74, 6) is 0.371. The number of benzene rings is 1. The molecule has 0 spiro atoms. The fourth-order valence-electron chi connectivity index (χ4n) is 2.74. The number of nitrogens with one attached hydrogen (secondary N) is 2. The largest absolute Gasteiger partial charge is 0.352 e. The Morgan fingerprint density at radius 3 is 2.89 bits per heavy atom. The van der Waals surface area contributed by atoms with Gasteiger partial charge in [-0.2, -0.15) is 0 Å². The zero-order valence-corrected chi connectivity index (χ0v) is 12.1. The Balaban J connectivity index is 1.89. The van der Waals surface area contributed by atoms with Crippen molar-refractivity contribution in [3.05, 3.63) is 34.9 Å². The second kappa shape index (κ2) is 6.20. The van der Waals surface area contributed by atoms with E-state index < -0.39 is 0 Å². The number of carbonyl (C=O) groups is 1. The average Bonchev–Trinajstić information content (AvgIpc) is 2.37. The van der Waals surface area contributed by atoms with Gasteiger partial charge in [-0.05, 0) is 51.3 Å². The first kappa shape index (κ1) is 14.1. The number of hydrogen-bond acceptors (Lipinski definition) is 2. The lowest BCUT2D eigenvalue weighted by atomic mass is 9.92. The van der Waals surface area contributed by atoms with E-state index in [1.165, 1.54) is 16.7 Å². The van der Waals surface area contributed by atoms with Gasteiger partial charge in [0.05, 0.1) is 0 Å². The number of hydrogen-bond donors (Lipinski definition) is 2. The minimum atomic E-state index is 0.169. The number of rotatable bonds is 3. The summed E-state index contributed by atoms with van der Waals surface area (Å²) in [6.07, 6.45) is 1.89. The molecule has 1 saturated heterocycles. The zero-order valence-electron chi connectivity index (χ0n) is 12.1. The number of piperidine rings is 1. The Kier molecular flexibility index (Phi) is 4.59. The van der Waals surface area contributed by atoms with Crippen molar-refractivity contribution in [3.8, 4) is 0 Å². The molecule has 2 N–H and O–H groups in total. The van der Waals surface area contributed by atoms with Crippen molar-refractivity contribution < 1.29 is 4.79 Å². The molecule has 3 heteroatoms. The summed E-state index contributed by atoms with van der Waals surface area (Å²) in [5, 5.41) is 6.46. The Labute approximate surface area is 115 Å². The molecule has 1 aliphatic heterocycles. The van der Waals surface area contributed by atoms with Crippen LogP contribution in [0.3, 0.4) is 0 Å². The van der Waals surface area contributed by atoms with Crippen LogP contribution < -0.4 is 10.6 Å². The van der Waals surface area contributed by atoms with Gasteiger partial charge in [0.1, 0.15) is 0 Å². The molecule has 1 aliphatic rings. The highest BCUT2D eigenvalue weighted by Crippen LogP contribution is 2.16. The van der Waals surface area contributed by atoms with Gasteiger partial charge in [-0.15, -0.1) is 0 Å². The van der Waals surface area contributed by atoms with E-state index in [1.54, 1.807) is 0 Å². The Bertz CT molecular complexity index is 456. The fourth-order valence-corrected chi connectivity index (χ4v) is 2.74. The van der Waals surface area contributed by atoms with Gasteiger partial charge in [-0.25, -0.2) is 0 Å². The van der Waals surface area contributed by atoms with Crippen LogP contribution in [-0.4, -0.2) is 18.5 Å². The molecule has 1 aromatic rings. The molecular weight excluding hydrogens is 236 g/mol. The summed E-state index contributed by atoms with van der Waals surface area (Å²) >= 11 is 0. The lowest BCUT2D eigenvalue weighted by molar-refractivity contribution is -0.126. The van der Waals surface area contributed by atoms with Crippen molar-refractivity contribution in [1.29, 1.82) is 0 Å². The van der Waals surface area contributed by atoms with Crippen molar-refractivity contribution in [2.24, 2.45) is 5.92 Å². The van der Waals surface area contributed by atoms with E-state index in [4.69, 9.17) is 0 Å². The molecule has 2 atom stereocenters. The van der Waals surface area contributed by atoms with Crippen LogP contribution in [0.1, 0.15) is 36.5 Å². The standard InChI is InChI=1S/C16H24N2O/c1-11-4-5-15(12(2)8-11)10-18-16(19)14-6-7-17-13(3)9-14/h4-5,8,13-14,17H,6-7,9-10H2,1-3H3,(H,18,19)/t13-,14-/m0/s1. The molecule has 104 valence electrons. The average molecular weight is 260 g/mol. The van der Waals surface area contributed by atoms with Crippen LogP contribution in [-0.2, 0) is 11.3 Å². The predicted molar refractivity (Wildman–Crippen MR) is 78.0 cm³/mol. The highest BCUT2D eigenvalue weighted by molar-refractivity contribution is 5.78. The molecule has 0 saturated carbocycles. The third kappa shape index (κ3) is 3.80. The van der Waals surface area contributed by atoms with Crippen molar-refractivity contribution in [2.75, 3.05) is 6.54 Å². The van der Waals surface area contributed by atoms with E-state index >= 15 is 0 Å². The van der Waals surface area contributed by atoms with Crippen molar-refractivity contribution in [3.63, 3.8) is 0 Å². The number of carbonyl (C=O) groups excluding carboxylic acids is 1. The smallest absolute Gasteiger partial charge is 0.223 e. The normalized spacial score (nSPS) is 23.1. The zero-order chi connectivity index (χ0) is 13.8. The van der Waals surface area contributed by atoms with E-state index in [0.29, 0.717) is 12.6 Å². The van der Waals surface area contributed by atoms with Crippen LogP contribution in [0, 0.1) is 19.8 Å². The van der Waals surface area contributed by atoms with Crippen LogP contribution in [0.2, 0.25) is 0 Å². The van der Waals surface area contributed by atoms with Gasteiger partial charge in [-0.3, -0.25) is 4.79 Å². The van der Waals surface area contributed by atoms with Gasteiger partial charge in [0.25, 0.3) is 0 Å². The first-order valence-electron chi connectivity index (χ1n) is 7.13. The SMILES string of the molecule is Cc1ccc(CNC(=O)[C@H]2CCN[C@@H](C)C2)c(C)c1. The summed E-state index contributed by atoms with van der Waals surface area (Å²) in [6.45, 7) is 7.92. The Morgan fingerprint density at radius 1 is 1.42 bits per heavy atom. The van der Waals surface area contributed by atoms with Gasteiger partial charge in [0.2, 0.25) is 5.91 Å². The third-order valence-electron chi connectivity index (χ3n) is 3.95. The lowest BCUT2D eigenvalue weighted by Gasteiger charge is -2.27. The number of amides is 1. The summed E-state index contributed by atoms with van der Waals surface area (Å²) in [6, 6.07) is 6.82. The molecule has 1 fully saturated rings. The maximum absolute atomic E-state index is 12.2. The topological polar surface area (TPSA) is 41.1 Å². The highest BCUT2D eigenvalue weighted by atomic mass is 16.1. The summed E-state index contributed by atoms with van der Waals surface area (Å²) in [7, 11) is 0. The molecular formula is C16H24N2O. The molecule has 0 unspecified atom stereocenters. The maximum Gasteiger partial charge on any atom is 0.223 e. The van der Waals surface area contributed by atoms with E-state index in [9.17, 15) is 4.79 Å². The van der Waals surface area contributed by atoms with Crippen LogP contribution in [0.5, 0.6) is 0 Å². The van der Waals surface area contributed by atoms with Crippen molar-refractivity contribution >= 4 is 5.91 Å². The molecule has 3 nitrogen and oxygen atoms in total. The first-order valence-corrected chi connectivity index (χ1v) is 7.13. The van der Waals surface area contributed by atoms with Gasteiger partial charge in [0.15, 0.2) is 0 Å². The van der Waals surface area contributed by atoms with E-state index in [0.717, 1.165) is 19.4 Å². The summed E-state index contributed by atoms with van der Waals surface area (Å²) < 4.78 is 0. The molecule has 1 heterocycles. The monoisotopic (exact) mass is 260 g/mol. The second-order valence-corrected chi connectivity index (χ2v) is 5.72. The molecule has 0 aromatic heterocycles. The molecule has 2 rings (SSSR count). The van der Waals surface area contributed by atoms with Crippen LogP contribution >= 0.6 is 0 Å². The molecule has 0 radical (unpaired) electrons.